The maximum Gasteiger partial charge on any atom is 0.245 e. The highest BCUT2D eigenvalue weighted by Gasteiger charge is 2.33. The van der Waals surface area contributed by atoms with Crippen molar-refractivity contribution in [3.8, 4) is 0 Å². The maximum atomic E-state index is 11.4. The number of likely N-dealkylation sites (tertiary alicyclic amines) is 1. The first-order valence-electron chi connectivity index (χ1n) is 7.59. The van der Waals surface area contributed by atoms with Crippen LogP contribution in [0.25, 0.3) is 0 Å². The number of aromatic nitrogens is 2. The Balaban J connectivity index is 1.92. The molecule has 0 aliphatic carbocycles. The third kappa shape index (κ3) is 4.49. The Bertz CT molecular complexity index is 479. The number of ether oxygens (including phenoxy) is 1. The summed E-state index contributed by atoms with van der Waals surface area (Å²) in [6.07, 6.45) is 2.09. The van der Waals surface area contributed by atoms with Gasteiger partial charge in [-0.15, -0.1) is 0 Å². The van der Waals surface area contributed by atoms with Crippen LogP contribution < -0.4 is 5.32 Å². The fraction of sp³-hybridized carbons (Fsp3) is 0.786. The number of nitrogens with zero attached hydrogens (tertiary/aromatic N) is 3. The van der Waals surface area contributed by atoms with Crippen molar-refractivity contribution < 1.29 is 19.2 Å². The molecule has 22 heavy (non-hydrogen) atoms. The molecule has 0 radical (unpaired) electrons. The topological polar surface area (TPSA) is 101 Å². The first-order valence-corrected chi connectivity index (χ1v) is 7.59. The van der Waals surface area contributed by atoms with Gasteiger partial charge in [-0.1, -0.05) is 18.5 Å². The Morgan fingerprint density at radius 2 is 2.36 bits per heavy atom. The Kier molecular flexibility index (Phi) is 6.29. The van der Waals surface area contributed by atoms with E-state index in [1.54, 1.807) is 7.11 Å². The molecule has 1 amide bonds. The van der Waals surface area contributed by atoms with Gasteiger partial charge in [0.1, 0.15) is 13.2 Å². The van der Waals surface area contributed by atoms with E-state index in [0.717, 1.165) is 25.9 Å². The van der Waals surface area contributed by atoms with Crippen molar-refractivity contribution in [1.82, 2.24) is 20.4 Å². The zero-order valence-corrected chi connectivity index (χ0v) is 13.1. The summed E-state index contributed by atoms with van der Waals surface area (Å²) in [6, 6.07) is 0.0565. The largest absolute Gasteiger partial charge is 0.387 e. The van der Waals surface area contributed by atoms with E-state index in [0.29, 0.717) is 30.8 Å². The number of nitrogens with one attached hydrogen (secondary N) is 1. The van der Waals surface area contributed by atoms with Crippen LogP contribution in [0.3, 0.4) is 0 Å². The van der Waals surface area contributed by atoms with Gasteiger partial charge in [0.15, 0.2) is 5.82 Å². The minimum absolute atomic E-state index is 0.0565. The summed E-state index contributed by atoms with van der Waals surface area (Å²) in [7, 11) is 1.58. The van der Waals surface area contributed by atoms with Crippen molar-refractivity contribution in [3.63, 3.8) is 0 Å². The van der Waals surface area contributed by atoms with E-state index in [9.17, 15) is 4.79 Å². The SMILES string of the molecule is CCC[C@@H]1CN(Cc2nc(COC)no2)C[C@H]1NC(=O)CO. The van der Waals surface area contributed by atoms with Crippen molar-refractivity contribution in [2.24, 2.45) is 5.92 Å². The molecule has 2 atom stereocenters. The van der Waals surface area contributed by atoms with E-state index >= 15 is 0 Å². The predicted octanol–water partition coefficient (Wildman–Crippen LogP) is -0.0750. The molecule has 0 unspecified atom stereocenters. The van der Waals surface area contributed by atoms with E-state index in [2.05, 4.69) is 27.3 Å². The molecule has 0 spiro atoms. The first-order chi connectivity index (χ1) is 10.7. The molecule has 0 bridgehead atoms. The summed E-state index contributed by atoms with van der Waals surface area (Å²) in [5, 5.41) is 15.6. The lowest BCUT2D eigenvalue weighted by atomic mass is 9.98. The van der Waals surface area contributed by atoms with Gasteiger partial charge in [0.2, 0.25) is 11.8 Å². The zero-order valence-electron chi connectivity index (χ0n) is 13.1. The van der Waals surface area contributed by atoms with E-state index in [4.69, 9.17) is 14.4 Å². The summed E-state index contributed by atoms with van der Waals surface area (Å²) >= 11 is 0. The van der Waals surface area contributed by atoms with Crippen LogP contribution in [-0.2, 0) is 22.7 Å². The van der Waals surface area contributed by atoms with Crippen molar-refractivity contribution in [2.45, 2.75) is 39.0 Å². The van der Waals surface area contributed by atoms with E-state index in [1.165, 1.54) is 0 Å². The lowest BCUT2D eigenvalue weighted by molar-refractivity contribution is -0.124. The molecule has 1 aromatic heterocycles. The van der Waals surface area contributed by atoms with Crippen LogP contribution in [-0.4, -0.2) is 58.9 Å². The third-order valence-corrected chi connectivity index (χ3v) is 3.81. The third-order valence-electron chi connectivity index (χ3n) is 3.81. The van der Waals surface area contributed by atoms with Crippen LogP contribution >= 0.6 is 0 Å². The van der Waals surface area contributed by atoms with Gasteiger partial charge in [-0.25, -0.2) is 0 Å². The molecule has 8 nitrogen and oxygen atoms in total. The molecule has 8 heteroatoms. The Morgan fingerprint density at radius 3 is 3.05 bits per heavy atom. The van der Waals surface area contributed by atoms with Gasteiger partial charge in [-0.05, 0) is 12.3 Å². The fourth-order valence-corrected chi connectivity index (χ4v) is 2.90. The average molecular weight is 312 g/mol. The van der Waals surface area contributed by atoms with Gasteiger partial charge in [0.25, 0.3) is 0 Å². The molecular formula is C14H24N4O4. The number of amides is 1. The molecule has 124 valence electrons. The summed E-state index contributed by atoms with van der Waals surface area (Å²) < 4.78 is 10.2. The van der Waals surface area contributed by atoms with Gasteiger partial charge in [-0.2, -0.15) is 4.98 Å². The monoisotopic (exact) mass is 312 g/mol. The Morgan fingerprint density at radius 1 is 1.55 bits per heavy atom. The van der Waals surface area contributed by atoms with Gasteiger partial charge in [0, 0.05) is 26.2 Å². The molecule has 1 aliphatic heterocycles. The van der Waals surface area contributed by atoms with Crippen LogP contribution in [0.15, 0.2) is 4.52 Å². The number of carbonyl (C=O) groups excluding carboxylic acids is 1. The number of aliphatic hydroxyl groups excluding tert-OH is 1. The molecule has 1 saturated heterocycles. The van der Waals surface area contributed by atoms with Crippen LogP contribution in [0.5, 0.6) is 0 Å². The minimum Gasteiger partial charge on any atom is -0.387 e. The number of hydrogen-bond acceptors (Lipinski definition) is 7. The molecule has 2 N–H and O–H groups in total. The van der Waals surface area contributed by atoms with E-state index in [-0.39, 0.29) is 11.9 Å². The van der Waals surface area contributed by atoms with Crippen LogP contribution in [0.2, 0.25) is 0 Å². The number of hydrogen-bond donors (Lipinski definition) is 2. The van der Waals surface area contributed by atoms with Crippen LogP contribution in [0.4, 0.5) is 0 Å². The van der Waals surface area contributed by atoms with E-state index in [1.807, 2.05) is 0 Å². The quantitative estimate of drug-likeness (QED) is 0.692. The lowest BCUT2D eigenvalue weighted by Crippen LogP contribution is -2.41. The molecule has 1 aromatic rings. The second kappa shape index (κ2) is 8.21. The highest BCUT2D eigenvalue weighted by atomic mass is 16.5. The van der Waals surface area contributed by atoms with Gasteiger partial charge in [0.05, 0.1) is 6.54 Å². The molecule has 1 fully saturated rings. The fourth-order valence-electron chi connectivity index (χ4n) is 2.90. The Labute approximate surface area is 129 Å². The predicted molar refractivity (Wildman–Crippen MR) is 77.7 cm³/mol. The lowest BCUT2D eigenvalue weighted by Gasteiger charge is -2.18. The highest BCUT2D eigenvalue weighted by molar-refractivity contribution is 5.77. The molecule has 0 aromatic carbocycles. The summed E-state index contributed by atoms with van der Waals surface area (Å²) in [5.74, 6) is 1.14. The zero-order chi connectivity index (χ0) is 15.9. The summed E-state index contributed by atoms with van der Waals surface area (Å²) in [6.45, 7) is 4.13. The van der Waals surface area contributed by atoms with Crippen LogP contribution in [0, 0.1) is 5.92 Å². The van der Waals surface area contributed by atoms with Gasteiger partial charge >= 0.3 is 0 Å². The number of aliphatic hydroxyl groups is 1. The number of methoxy groups -OCH3 is 1. The smallest absolute Gasteiger partial charge is 0.245 e. The normalized spacial score (nSPS) is 22.1. The van der Waals surface area contributed by atoms with Crippen molar-refractivity contribution >= 4 is 5.91 Å². The van der Waals surface area contributed by atoms with Gasteiger partial charge < -0.3 is 19.7 Å². The van der Waals surface area contributed by atoms with E-state index < -0.39 is 6.61 Å². The van der Waals surface area contributed by atoms with Gasteiger partial charge in [-0.3, -0.25) is 9.69 Å². The first kappa shape index (κ1) is 16.9. The molecule has 0 saturated carbocycles. The highest BCUT2D eigenvalue weighted by Crippen LogP contribution is 2.23. The second-order valence-corrected chi connectivity index (χ2v) is 5.61. The summed E-state index contributed by atoms with van der Waals surface area (Å²) in [4.78, 5) is 17.9. The van der Waals surface area contributed by atoms with Crippen molar-refractivity contribution in [1.29, 1.82) is 0 Å². The van der Waals surface area contributed by atoms with Crippen molar-refractivity contribution in [3.05, 3.63) is 11.7 Å². The Hall–Kier alpha value is -1.51. The molecule has 2 heterocycles. The number of carbonyl (C=O) groups is 1. The average Bonchev–Trinajstić information content (AvgIpc) is 3.08. The standard InChI is InChI=1S/C14H24N4O4/c1-3-4-10-5-18(6-11(10)15-13(20)8-19)7-14-16-12(9-21-2)17-22-14/h10-11,19H,3-9H2,1-2H3,(H,15,20)/t10-,11-/m1/s1. The second-order valence-electron chi connectivity index (χ2n) is 5.61. The minimum atomic E-state index is -0.473. The molecule has 2 rings (SSSR count). The molecular weight excluding hydrogens is 288 g/mol. The molecule has 1 aliphatic rings. The summed E-state index contributed by atoms with van der Waals surface area (Å²) in [5.41, 5.74) is 0. The van der Waals surface area contributed by atoms with Crippen molar-refractivity contribution in [2.75, 3.05) is 26.8 Å². The maximum absolute atomic E-state index is 11.4. The van der Waals surface area contributed by atoms with Crippen LogP contribution in [0.1, 0.15) is 31.5 Å². The number of rotatable bonds is 8.